The van der Waals surface area contributed by atoms with Gasteiger partial charge in [0, 0.05) is 5.39 Å². The maximum atomic E-state index is 6.20. The van der Waals surface area contributed by atoms with Gasteiger partial charge in [-0.05, 0) is 48.1 Å². The molecule has 2 aromatic rings. The van der Waals surface area contributed by atoms with E-state index in [0.29, 0.717) is 11.1 Å². The standard InChI is InChI=1S/C16H20ClN/c1-4-6-13-10-14-9-12(11(3)5-2)7-8-15(14)18-16(13)17/h7-11H,4-6H2,1-3H3. The topological polar surface area (TPSA) is 12.9 Å². The van der Waals surface area contributed by atoms with Crippen molar-refractivity contribution in [2.45, 2.75) is 46.0 Å². The molecule has 0 saturated carbocycles. The van der Waals surface area contributed by atoms with E-state index in [1.165, 1.54) is 10.9 Å². The van der Waals surface area contributed by atoms with E-state index >= 15 is 0 Å². The SMILES string of the molecule is CCCc1cc2cc(C(C)CC)ccc2nc1Cl. The van der Waals surface area contributed by atoms with Crippen LogP contribution in [0.25, 0.3) is 10.9 Å². The summed E-state index contributed by atoms with van der Waals surface area (Å²) in [5.74, 6) is 0.597. The van der Waals surface area contributed by atoms with E-state index in [1.807, 2.05) is 0 Å². The molecule has 1 aromatic heterocycles. The summed E-state index contributed by atoms with van der Waals surface area (Å²) >= 11 is 6.20. The van der Waals surface area contributed by atoms with Gasteiger partial charge in [-0.25, -0.2) is 4.98 Å². The van der Waals surface area contributed by atoms with E-state index in [9.17, 15) is 0 Å². The van der Waals surface area contributed by atoms with E-state index in [1.54, 1.807) is 0 Å². The van der Waals surface area contributed by atoms with Crippen LogP contribution in [0.1, 0.15) is 50.7 Å². The lowest BCUT2D eigenvalue weighted by Gasteiger charge is -2.11. The van der Waals surface area contributed by atoms with Gasteiger partial charge in [0.25, 0.3) is 0 Å². The maximum absolute atomic E-state index is 6.20. The second-order valence-electron chi connectivity index (χ2n) is 4.95. The number of nitrogens with zero attached hydrogens (tertiary/aromatic N) is 1. The van der Waals surface area contributed by atoms with Gasteiger partial charge >= 0.3 is 0 Å². The first-order valence-corrected chi connectivity index (χ1v) is 7.12. The van der Waals surface area contributed by atoms with Crippen LogP contribution in [0.4, 0.5) is 0 Å². The van der Waals surface area contributed by atoms with Crippen LogP contribution in [0.15, 0.2) is 24.3 Å². The van der Waals surface area contributed by atoms with E-state index in [4.69, 9.17) is 11.6 Å². The third-order valence-corrected chi connectivity index (χ3v) is 3.89. The number of benzene rings is 1. The number of rotatable bonds is 4. The Balaban J connectivity index is 2.50. The molecule has 2 heteroatoms. The molecule has 0 fully saturated rings. The normalized spacial score (nSPS) is 12.9. The molecule has 96 valence electrons. The minimum atomic E-state index is 0.597. The minimum absolute atomic E-state index is 0.597. The summed E-state index contributed by atoms with van der Waals surface area (Å²) < 4.78 is 0. The lowest BCUT2D eigenvalue weighted by molar-refractivity contribution is 0.734. The largest absolute Gasteiger partial charge is 0.236 e. The Kier molecular flexibility index (Phi) is 4.23. The average molecular weight is 262 g/mol. The van der Waals surface area contributed by atoms with Gasteiger partial charge in [0.1, 0.15) is 5.15 Å². The molecule has 1 unspecified atom stereocenters. The van der Waals surface area contributed by atoms with Crippen molar-refractivity contribution >= 4 is 22.5 Å². The van der Waals surface area contributed by atoms with Crippen molar-refractivity contribution in [1.29, 1.82) is 0 Å². The number of halogens is 1. The number of aryl methyl sites for hydroxylation is 1. The summed E-state index contributed by atoms with van der Waals surface area (Å²) in [6, 6.07) is 8.70. The Morgan fingerprint density at radius 2 is 2.00 bits per heavy atom. The minimum Gasteiger partial charge on any atom is -0.236 e. The predicted octanol–water partition coefficient (Wildman–Crippen LogP) is 5.35. The highest BCUT2D eigenvalue weighted by Crippen LogP contribution is 2.26. The molecule has 1 heterocycles. The highest BCUT2D eigenvalue weighted by atomic mass is 35.5. The Labute approximate surface area is 114 Å². The molecule has 0 N–H and O–H groups in total. The Hall–Kier alpha value is -1.08. The van der Waals surface area contributed by atoms with Crippen molar-refractivity contribution < 1.29 is 0 Å². The van der Waals surface area contributed by atoms with Crippen LogP contribution in [0, 0.1) is 0 Å². The second kappa shape index (κ2) is 5.71. The first-order valence-electron chi connectivity index (χ1n) is 6.74. The number of fused-ring (bicyclic) bond motifs is 1. The van der Waals surface area contributed by atoms with Crippen molar-refractivity contribution in [3.05, 3.63) is 40.5 Å². The summed E-state index contributed by atoms with van der Waals surface area (Å²) in [4.78, 5) is 4.49. The Bertz CT molecular complexity index is 548. The predicted molar refractivity (Wildman–Crippen MR) is 79.5 cm³/mol. The van der Waals surface area contributed by atoms with Crippen LogP contribution in [0.2, 0.25) is 5.15 Å². The van der Waals surface area contributed by atoms with Gasteiger partial charge in [0.15, 0.2) is 0 Å². The zero-order valence-electron chi connectivity index (χ0n) is 11.3. The Morgan fingerprint density at radius 3 is 2.67 bits per heavy atom. The van der Waals surface area contributed by atoms with Gasteiger partial charge in [-0.1, -0.05) is 44.9 Å². The molecular weight excluding hydrogens is 242 g/mol. The first kappa shape index (κ1) is 13.4. The first-order chi connectivity index (χ1) is 8.65. The molecule has 0 bridgehead atoms. The zero-order chi connectivity index (χ0) is 13.1. The fourth-order valence-electron chi connectivity index (χ4n) is 2.20. The second-order valence-corrected chi connectivity index (χ2v) is 5.31. The van der Waals surface area contributed by atoms with E-state index in [-0.39, 0.29) is 0 Å². The molecule has 2 rings (SSSR count). The molecule has 0 aliphatic heterocycles. The highest BCUT2D eigenvalue weighted by Gasteiger charge is 2.07. The van der Waals surface area contributed by atoms with Gasteiger partial charge in [-0.2, -0.15) is 0 Å². The van der Waals surface area contributed by atoms with Gasteiger partial charge in [0.2, 0.25) is 0 Å². The molecular formula is C16H20ClN. The lowest BCUT2D eigenvalue weighted by atomic mass is 9.96. The molecule has 0 radical (unpaired) electrons. The molecule has 0 amide bonds. The molecule has 0 aliphatic carbocycles. The smallest absolute Gasteiger partial charge is 0.132 e. The van der Waals surface area contributed by atoms with Crippen LogP contribution in [0.3, 0.4) is 0 Å². The van der Waals surface area contributed by atoms with Crippen LogP contribution in [0.5, 0.6) is 0 Å². The van der Waals surface area contributed by atoms with Crippen molar-refractivity contribution in [3.63, 3.8) is 0 Å². The Morgan fingerprint density at radius 1 is 1.22 bits per heavy atom. The zero-order valence-corrected chi connectivity index (χ0v) is 12.1. The van der Waals surface area contributed by atoms with Gasteiger partial charge in [0.05, 0.1) is 5.52 Å². The van der Waals surface area contributed by atoms with Gasteiger partial charge in [-0.3, -0.25) is 0 Å². The quantitative estimate of drug-likeness (QED) is 0.676. The molecule has 1 aromatic carbocycles. The summed E-state index contributed by atoms with van der Waals surface area (Å²) in [6.07, 6.45) is 3.25. The van der Waals surface area contributed by atoms with Gasteiger partial charge in [-0.15, -0.1) is 0 Å². The van der Waals surface area contributed by atoms with Crippen LogP contribution in [-0.4, -0.2) is 4.98 Å². The monoisotopic (exact) mass is 261 g/mol. The summed E-state index contributed by atoms with van der Waals surface area (Å²) in [5, 5.41) is 1.86. The number of hydrogen-bond donors (Lipinski definition) is 0. The molecule has 0 saturated heterocycles. The highest BCUT2D eigenvalue weighted by molar-refractivity contribution is 6.30. The van der Waals surface area contributed by atoms with Crippen LogP contribution in [-0.2, 0) is 6.42 Å². The van der Waals surface area contributed by atoms with Crippen molar-refractivity contribution in [3.8, 4) is 0 Å². The van der Waals surface area contributed by atoms with Crippen molar-refractivity contribution in [2.75, 3.05) is 0 Å². The molecule has 0 spiro atoms. The van der Waals surface area contributed by atoms with E-state index in [2.05, 4.69) is 50.0 Å². The molecule has 18 heavy (non-hydrogen) atoms. The van der Waals surface area contributed by atoms with Crippen LogP contribution < -0.4 is 0 Å². The molecule has 0 aliphatic rings. The summed E-state index contributed by atoms with van der Waals surface area (Å²) in [5.41, 5.74) is 3.54. The number of hydrogen-bond acceptors (Lipinski definition) is 1. The third-order valence-electron chi connectivity index (χ3n) is 3.57. The fourth-order valence-corrected chi connectivity index (χ4v) is 2.44. The van der Waals surface area contributed by atoms with Crippen molar-refractivity contribution in [1.82, 2.24) is 4.98 Å². The number of aromatic nitrogens is 1. The summed E-state index contributed by atoms with van der Waals surface area (Å²) in [7, 11) is 0. The summed E-state index contributed by atoms with van der Waals surface area (Å²) in [6.45, 7) is 6.64. The van der Waals surface area contributed by atoms with Crippen molar-refractivity contribution in [2.24, 2.45) is 0 Å². The number of pyridine rings is 1. The van der Waals surface area contributed by atoms with Gasteiger partial charge < -0.3 is 0 Å². The maximum Gasteiger partial charge on any atom is 0.132 e. The third kappa shape index (κ3) is 2.67. The van der Waals surface area contributed by atoms with Crippen LogP contribution >= 0.6 is 11.6 Å². The molecule has 1 atom stereocenters. The van der Waals surface area contributed by atoms with E-state index < -0.39 is 0 Å². The average Bonchev–Trinajstić information content (AvgIpc) is 2.38. The molecule has 1 nitrogen and oxygen atoms in total. The lowest BCUT2D eigenvalue weighted by Crippen LogP contribution is -1.94. The fraction of sp³-hybridized carbons (Fsp3) is 0.438. The van der Waals surface area contributed by atoms with E-state index in [0.717, 1.165) is 30.3 Å².